The third-order valence-corrected chi connectivity index (χ3v) is 3.37. The summed E-state index contributed by atoms with van der Waals surface area (Å²) in [6.07, 6.45) is -0.0299. The van der Waals surface area contributed by atoms with Gasteiger partial charge in [0, 0.05) is 6.54 Å². The van der Waals surface area contributed by atoms with Gasteiger partial charge < -0.3 is 10.1 Å². The van der Waals surface area contributed by atoms with Crippen molar-refractivity contribution in [1.29, 1.82) is 0 Å². The van der Waals surface area contributed by atoms with Crippen LogP contribution in [0.5, 0.6) is 0 Å². The van der Waals surface area contributed by atoms with Crippen molar-refractivity contribution in [2.75, 3.05) is 6.54 Å². The maximum absolute atomic E-state index is 11.7. The fourth-order valence-corrected chi connectivity index (χ4v) is 2.65. The SMILES string of the molecule is CC(C)OC(=O)CCNC(=O)c1cc(Cl)sc1Cl. The van der Waals surface area contributed by atoms with E-state index in [4.69, 9.17) is 27.9 Å². The second-order valence-electron chi connectivity index (χ2n) is 3.78. The van der Waals surface area contributed by atoms with E-state index in [2.05, 4.69) is 5.32 Å². The molecule has 0 aromatic carbocycles. The number of nitrogens with one attached hydrogen (secondary N) is 1. The zero-order valence-electron chi connectivity index (χ0n) is 9.96. The van der Waals surface area contributed by atoms with Crippen LogP contribution in [0.4, 0.5) is 0 Å². The molecule has 1 aromatic rings. The molecule has 0 aliphatic carbocycles. The average Bonchev–Trinajstić information content (AvgIpc) is 2.56. The summed E-state index contributed by atoms with van der Waals surface area (Å²) in [5.74, 6) is -0.694. The van der Waals surface area contributed by atoms with Gasteiger partial charge in [0.15, 0.2) is 0 Å². The summed E-state index contributed by atoms with van der Waals surface area (Å²) >= 11 is 12.7. The van der Waals surface area contributed by atoms with E-state index >= 15 is 0 Å². The van der Waals surface area contributed by atoms with Crippen LogP contribution in [0.1, 0.15) is 30.6 Å². The van der Waals surface area contributed by atoms with E-state index in [1.165, 1.54) is 6.07 Å². The molecule has 1 aromatic heterocycles. The number of ether oxygens (including phenoxy) is 1. The van der Waals surface area contributed by atoms with E-state index in [1.54, 1.807) is 13.8 Å². The first-order valence-electron chi connectivity index (χ1n) is 5.32. The Morgan fingerprint density at radius 2 is 2.11 bits per heavy atom. The first-order valence-corrected chi connectivity index (χ1v) is 6.90. The number of carbonyl (C=O) groups excluding carboxylic acids is 2. The molecule has 1 amide bonds. The molecule has 0 radical (unpaired) electrons. The Balaban J connectivity index is 2.38. The number of halogens is 2. The number of carbonyl (C=O) groups is 2. The van der Waals surface area contributed by atoms with E-state index in [0.717, 1.165) is 11.3 Å². The molecule has 0 saturated carbocycles. The average molecular weight is 310 g/mol. The van der Waals surface area contributed by atoms with Crippen molar-refractivity contribution in [2.24, 2.45) is 0 Å². The zero-order valence-corrected chi connectivity index (χ0v) is 12.3. The summed E-state index contributed by atoms with van der Waals surface area (Å²) in [7, 11) is 0. The molecular weight excluding hydrogens is 297 g/mol. The second-order valence-corrected chi connectivity index (χ2v) is 6.07. The lowest BCUT2D eigenvalue weighted by atomic mass is 10.3. The van der Waals surface area contributed by atoms with Crippen molar-refractivity contribution in [3.63, 3.8) is 0 Å². The largest absolute Gasteiger partial charge is 0.463 e. The quantitative estimate of drug-likeness (QED) is 0.850. The number of amides is 1. The molecule has 0 saturated heterocycles. The van der Waals surface area contributed by atoms with Crippen LogP contribution in [0.3, 0.4) is 0 Å². The molecule has 7 heteroatoms. The molecule has 1 heterocycles. The fourth-order valence-electron chi connectivity index (χ4n) is 1.19. The Hall–Kier alpha value is -0.780. The highest BCUT2D eigenvalue weighted by Crippen LogP contribution is 2.30. The minimum Gasteiger partial charge on any atom is -0.463 e. The van der Waals surface area contributed by atoms with Crippen LogP contribution in [0.15, 0.2) is 6.07 Å². The third-order valence-electron chi connectivity index (χ3n) is 1.88. The van der Waals surface area contributed by atoms with E-state index in [-0.39, 0.29) is 30.9 Å². The van der Waals surface area contributed by atoms with E-state index in [0.29, 0.717) is 14.2 Å². The van der Waals surface area contributed by atoms with Crippen LogP contribution >= 0.6 is 34.5 Å². The van der Waals surface area contributed by atoms with Gasteiger partial charge in [-0.2, -0.15) is 0 Å². The predicted octanol–water partition coefficient (Wildman–Crippen LogP) is 3.13. The minimum atomic E-state index is -0.347. The molecular formula is C11H13Cl2NO3S. The predicted molar refractivity (Wildman–Crippen MR) is 72.5 cm³/mol. The highest BCUT2D eigenvalue weighted by Gasteiger charge is 2.14. The van der Waals surface area contributed by atoms with Gasteiger partial charge in [0.1, 0.15) is 4.34 Å². The lowest BCUT2D eigenvalue weighted by Crippen LogP contribution is -2.27. The molecule has 100 valence electrons. The van der Waals surface area contributed by atoms with Gasteiger partial charge in [0.2, 0.25) is 0 Å². The van der Waals surface area contributed by atoms with Crippen LogP contribution in [-0.2, 0) is 9.53 Å². The summed E-state index contributed by atoms with van der Waals surface area (Å²) in [6, 6.07) is 1.50. The molecule has 0 spiro atoms. The normalized spacial score (nSPS) is 10.5. The summed E-state index contributed by atoms with van der Waals surface area (Å²) in [4.78, 5) is 22.9. The standard InChI is InChI=1S/C11H13Cl2NO3S/c1-6(2)17-9(15)3-4-14-11(16)7-5-8(12)18-10(7)13/h5-6H,3-4H2,1-2H3,(H,14,16). The number of hydrogen-bond acceptors (Lipinski definition) is 4. The number of rotatable bonds is 5. The maximum atomic E-state index is 11.7. The number of thiophene rings is 1. The lowest BCUT2D eigenvalue weighted by molar-refractivity contribution is -0.147. The molecule has 18 heavy (non-hydrogen) atoms. The Kier molecular flexibility index (Phi) is 5.91. The van der Waals surface area contributed by atoms with Gasteiger partial charge in [-0.25, -0.2) is 0 Å². The van der Waals surface area contributed by atoms with Gasteiger partial charge in [0.25, 0.3) is 5.91 Å². The molecule has 4 nitrogen and oxygen atoms in total. The van der Waals surface area contributed by atoms with Crippen LogP contribution in [0, 0.1) is 0 Å². The summed E-state index contributed by atoms with van der Waals surface area (Å²) < 4.78 is 5.71. The topological polar surface area (TPSA) is 55.4 Å². The van der Waals surface area contributed by atoms with E-state index < -0.39 is 0 Å². The van der Waals surface area contributed by atoms with E-state index in [1.807, 2.05) is 0 Å². The van der Waals surface area contributed by atoms with Crippen molar-refractivity contribution in [3.05, 3.63) is 20.3 Å². The summed E-state index contributed by atoms with van der Waals surface area (Å²) in [5, 5.41) is 2.58. The minimum absolute atomic E-state index is 0.124. The molecule has 0 bridgehead atoms. The highest BCUT2D eigenvalue weighted by molar-refractivity contribution is 7.20. The maximum Gasteiger partial charge on any atom is 0.307 e. The van der Waals surface area contributed by atoms with Gasteiger partial charge >= 0.3 is 5.97 Å². The Bertz CT molecular complexity index is 445. The van der Waals surface area contributed by atoms with Crippen molar-refractivity contribution in [1.82, 2.24) is 5.32 Å². The van der Waals surface area contributed by atoms with Crippen LogP contribution in [0.2, 0.25) is 8.67 Å². The van der Waals surface area contributed by atoms with E-state index in [9.17, 15) is 9.59 Å². The smallest absolute Gasteiger partial charge is 0.307 e. The second kappa shape index (κ2) is 6.97. The highest BCUT2D eigenvalue weighted by atomic mass is 35.5. The summed E-state index contributed by atoms with van der Waals surface area (Å²) in [6.45, 7) is 3.74. The van der Waals surface area contributed by atoms with Gasteiger partial charge in [0.05, 0.1) is 22.4 Å². The van der Waals surface area contributed by atoms with Crippen molar-refractivity contribution >= 4 is 46.4 Å². The fraction of sp³-hybridized carbons (Fsp3) is 0.455. The van der Waals surface area contributed by atoms with Gasteiger partial charge in [-0.15, -0.1) is 11.3 Å². The third kappa shape index (κ3) is 4.84. The summed E-state index contributed by atoms with van der Waals surface area (Å²) in [5.41, 5.74) is 0.323. The molecule has 0 unspecified atom stereocenters. The first-order chi connectivity index (χ1) is 8.40. The van der Waals surface area contributed by atoms with Gasteiger partial charge in [-0.3, -0.25) is 9.59 Å². The lowest BCUT2D eigenvalue weighted by Gasteiger charge is -2.08. The van der Waals surface area contributed by atoms with Crippen LogP contribution in [-0.4, -0.2) is 24.5 Å². The van der Waals surface area contributed by atoms with Gasteiger partial charge in [-0.1, -0.05) is 23.2 Å². The molecule has 1 rings (SSSR count). The first kappa shape index (κ1) is 15.3. The van der Waals surface area contributed by atoms with Crippen molar-refractivity contribution in [3.8, 4) is 0 Å². The molecule has 0 atom stereocenters. The number of hydrogen-bond donors (Lipinski definition) is 1. The Labute approximate surface area is 119 Å². The Morgan fingerprint density at radius 1 is 1.44 bits per heavy atom. The zero-order chi connectivity index (χ0) is 13.7. The van der Waals surface area contributed by atoms with Crippen LogP contribution < -0.4 is 5.32 Å². The van der Waals surface area contributed by atoms with Crippen molar-refractivity contribution in [2.45, 2.75) is 26.4 Å². The van der Waals surface area contributed by atoms with Crippen molar-refractivity contribution < 1.29 is 14.3 Å². The van der Waals surface area contributed by atoms with Crippen LogP contribution in [0.25, 0.3) is 0 Å². The molecule has 0 aliphatic rings. The Morgan fingerprint density at radius 3 is 2.61 bits per heavy atom. The van der Waals surface area contributed by atoms with Gasteiger partial charge in [-0.05, 0) is 19.9 Å². The molecule has 0 fully saturated rings. The molecule has 0 aliphatic heterocycles. The number of esters is 1. The molecule has 1 N–H and O–H groups in total. The monoisotopic (exact) mass is 309 g/mol.